The molecule has 2 aromatic rings. The summed E-state index contributed by atoms with van der Waals surface area (Å²) in [6, 6.07) is 0. The number of imidazole rings is 1. The molecule has 2 aromatic heterocycles. The van der Waals surface area contributed by atoms with Crippen LogP contribution in [0, 0.1) is 6.92 Å². The van der Waals surface area contributed by atoms with Gasteiger partial charge in [-0.1, -0.05) is 0 Å². The van der Waals surface area contributed by atoms with Crippen LogP contribution in [0.2, 0.25) is 0 Å². The van der Waals surface area contributed by atoms with Crippen molar-refractivity contribution in [2.75, 3.05) is 13.1 Å². The van der Waals surface area contributed by atoms with Gasteiger partial charge in [-0.05, 0) is 33.2 Å². The van der Waals surface area contributed by atoms with Crippen LogP contribution in [0.5, 0.6) is 0 Å². The average molecular weight is 273 g/mol. The van der Waals surface area contributed by atoms with E-state index in [-0.39, 0.29) is 0 Å². The molecule has 1 atom stereocenters. The number of aromatic nitrogens is 4. The predicted octanol–water partition coefficient (Wildman–Crippen LogP) is 2.31. The van der Waals surface area contributed by atoms with E-state index in [9.17, 15) is 0 Å². The first kappa shape index (κ1) is 13.4. The molecule has 0 spiro atoms. The van der Waals surface area contributed by atoms with E-state index in [1.807, 2.05) is 17.1 Å². The van der Waals surface area contributed by atoms with Crippen LogP contribution in [-0.4, -0.2) is 37.7 Å². The Hall–Kier alpha value is -1.62. The number of aryl methyl sites for hydroxylation is 2. The zero-order chi connectivity index (χ0) is 13.9. The number of rotatable bonds is 4. The second-order valence-electron chi connectivity index (χ2n) is 5.73. The number of hydrogen-bond acceptors (Lipinski definition) is 3. The van der Waals surface area contributed by atoms with Crippen molar-refractivity contribution in [3.8, 4) is 0 Å². The summed E-state index contributed by atoms with van der Waals surface area (Å²) in [5.41, 5.74) is 2.46. The molecule has 0 amide bonds. The molecule has 1 unspecified atom stereocenters. The van der Waals surface area contributed by atoms with E-state index >= 15 is 0 Å². The molecule has 0 aromatic carbocycles. The van der Waals surface area contributed by atoms with E-state index in [4.69, 9.17) is 0 Å². The molecule has 3 rings (SSSR count). The Morgan fingerprint density at radius 1 is 1.40 bits per heavy atom. The maximum Gasteiger partial charge on any atom is 0.110 e. The molecule has 0 bridgehead atoms. The molecular formula is C15H23N5. The van der Waals surface area contributed by atoms with Crippen LogP contribution in [0.25, 0.3) is 0 Å². The summed E-state index contributed by atoms with van der Waals surface area (Å²) in [6.07, 6.45) is 8.55. The molecule has 0 radical (unpaired) electrons. The summed E-state index contributed by atoms with van der Waals surface area (Å²) in [5.74, 6) is 1.69. The van der Waals surface area contributed by atoms with Gasteiger partial charge >= 0.3 is 0 Å². The maximum atomic E-state index is 4.50. The highest BCUT2D eigenvalue weighted by Gasteiger charge is 2.23. The summed E-state index contributed by atoms with van der Waals surface area (Å²) < 4.78 is 1.99. The lowest BCUT2D eigenvalue weighted by Crippen LogP contribution is -2.34. The Morgan fingerprint density at radius 2 is 2.30 bits per heavy atom. The van der Waals surface area contributed by atoms with Gasteiger partial charge in [-0.15, -0.1) is 0 Å². The first-order valence-corrected chi connectivity index (χ1v) is 7.49. The van der Waals surface area contributed by atoms with Crippen LogP contribution < -0.4 is 0 Å². The monoisotopic (exact) mass is 273 g/mol. The number of likely N-dealkylation sites (tertiary alicyclic amines) is 1. The van der Waals surface area contributed by atoms with Crippen LogP contribution in [0.4, 0.5) is 0 Å². The highest BCUT2D eigenvalue weighted by molar-refractivity contribution is 5.08. The summed E-state index contributed by atoms with van der Waals surface area (Å²) in [5, 5.41) is 4.35. The van der Waals surface area contributed by atoms with Gasteiger partial charge in [0, 0.05) is 49.2 Å². The van der Waals surface area contributed by atoms with Crippen molar-refractivity contribution in [3.63, 3.8) is 0 Å². The number of hydrogen-bond donors (Lipinski definition) is 1. The molecule has 3 heterocycles. The quantitative estimate of drug-likeness (QED) is 0.930. The smallest absolute Gasteiger partial charge is 0.110 e. The fourth-order valence-corrected chi connectivity index (χ4v) is 2.98. The molecule has 108 valence electrons. The van der Waals surface area contributed by atoms with Crippen molar-refractivity contribution < 1.29 is 0 Å². The average Bonchev–Trinajstić information content (AvgIpc) is 3.08. The molecule has 5 heteroatoms. The number of nitrogens with one attached hydrogen (secondary N) is 1. The summed E-state index contributed by atoms with van der Waals surface area (Å²) in [6.45, 7) is 8.38. The fourth-order valence-electron chi connectivity index (χ4n) is 2.98. The Morgan fingerprint density at radius 3 is 3.00 bits per heavy atom. The largest absolute Gasteiger partial charge is 0.346 e. The van der Waals surface area contributed by atoms with Gasteiger partial charge in [0.15, 0.2) is 0 Å². The lowest BCUT2D eigenvalue weighted by molar-refractivity contribution is 0.197. The molecule has 1 fully saturated rings. The van der Waals surface area contributed by atoms with Gasteiger partial charge in [0.1, 0.15) is 5.82 Å². The van der Waals surface area contributed by atoms with Gasteiger partial charge in [0.2, 0.25) is 0 Å². The molecule has 1 N–H and O–H groups in total. The van der Waals surface area contributed by atoms with E-state index < -0.39 is 0 Å². The molecule has 5 nitrogen and oxygen atoms in total. The molecule has 1 saturated heterocycles. The number of H-pyrrole nitrogens is 1. The number of nitrogens with zero attached hydrogens (tertiary/aromatic N) is 4. The van der Waals surface area contributed by atoms with Crippen molar-refractivity contribution in [1.29, 1.82) is 0 Å². The lowest BCUT2D eigenvalue weighted by Gasteiger charge is -2.31. The van der Waals surface area contributed by atoms with Crippen LogP contribution in [-0.2, 0) is 13.1 Å². The van der Waals surface area contributed by atoms with Gasteiger partial charge in [-0.25, -0.2) is 4.98 Å². The van der Waals surface area contributed by atoms with E-state index in [0.717, 1.165) is 31.2 Å². The van der Waals surface area contributed by atoms with Gasteiger partial charge in [-0.3, -0.25) is 9.58 Å². The van der Waals surface area contributed by atoms with Crippen molar-refractivity contribution in [3.05, 3.63) is 35.7 Å². The third-order valence-corrected chi connectivity index (χ3v) is 4.03. The molecule has 1 aliphatic rings. The van der Waals surface area contributed by atoms with Crippen molar-refractivity contribution in [2.24, 2.45) is 0 Å². The van der Waals surface area contributed by atoms with E-state index in [1.54, 1.807) is 0 Å². The van der Waals surface area contributed by atoms with E-state index in [2.05, 4.69) is 40.0 Å². The van der Waals surface area contributed by atoms with Crippen molar-refractivity contribution >= 4 is 0 Å². The van der Waals surface area contributed by atoms with E-state index in [0.29, 0.717) is 5.92 Å². The zero-order valence-electron chi connectivity index (χ0n) is 12.3. The van der Waals surface area contributed by atoms with Crippen molar-refractivity contribution in [2.45, 2.75) is 45.7 Å². The molecule has 1 aliphatic heterocycles. The van der Waals surface area contributed by atoms with Crippen LogP contribution in [0.3, 0.4) is 0 Å². The number of aromatic amines is 1. The van der Waals surface area contributed by atoms with Crippen LogP contribution in [0.15, 0.2) is 18.6 Å². The summed E-state index contributed by atoms with van der Waals surface area (Å²) in [7, 11) is 0. The third kappa shape index (κ3) is 2.93. The van der Waals surface area contributed by atoms with Gasteiger partial charge < -0.3 is 4.98 Å². The van der Waals surface area contributed by atoms with Gasteiger partial charge in [-0.2, -0.15) is 5.10 Å². The fraction of sp³-hybridized carbons (Fsp3) is 0.600. The van der Waals surface area contributed by atoms with Crippen LogP contribution >= 0.6 is 0 Å². The summed E-state index contributed by atoms with van der Waals surface area (Å²) >= 11 is 0. The highest BCUT2D eigenvalue weighted by Crippen LogP contribution is 2.25. The SMILES string of the molecule is CCn1cc(CN2CCCC(c3ncc(C)[nH]3)C2)cn1. The maximum absolute atomic E-state index is 4.50. The van der Waals surface area contributed by atoms with E-state index in [1.165, 1.54) is 24.9 Å². The Bertz CT molecular complexity index is 556. The normalized spacial score (nSPS) is 20.4. The minimum absolute atomic E-state index is 0.540. The Balaban J connectivity index is 1.63. The Labute approximate surface area is 120 Å². The molecule has 0 saturated carbocycles. The first-order valence-electron chi connectivity index (χ1n) is 7.49. The highest BCUT2D eigenvalue weighted by atomic mass is 15.3. The third-order valence-electron chi connectivity index (χ3n) is 4.03. The molecule has 0 aliphatic carbocycles. The minimum atomic E-state index is 0.540. The second kappa shape index (κ2) is 5.79. The van der Waals surface area contributed by atoms with Crippen molar-refractivity contribution in [1.82, 2.24) is 24.6 Å². The first-order chi connectivity index (χ1) is 9.74. The summed E-state index contributed by atoms with van der Waals surface area (Å²) in [4.78, 5) is 10.4. The van der Waals surface area contributed by atoms with Crippen LogP contribution in [0.1, 0.15) is 42.8 Å². The molecular weight excluding hydrogens is 250 g/mol. The number of piperidine rings is 1. The minimum Gasteiger partial charge on any atom is -0.346 e. The van der Waals surface area contributed by atoms with Gasteiger partial charge in [0.25, 0.3) is 0 Å². The zero-order valence-corrected chi connectivity index (χ0v) is 12.3. The predicted molar refractivity (Wildman–Crippen MR) is 78.5 cm³/mol. The van der Waals surface area contributed by atoms with Gasteiger partial charge in [0.05, 0.1) is 6.20 Å². The topological polar surface area (TPSA) is 49.7 Å². The second-order valence-corrected chi connectivity index (χ2v) is 5.73. The molecule has 20 heavy (non-hydrogen) atoms. The Kier molecular flexibility index (Phi) is 3.87. The standard InChI is InChI=1S/C15H23N5/c1-3-20-10-13(8-17-20)9-19-6-4-5-14(11-19)15-16-7-12(2)18-15/h7-8,10,14H,3-6,9,11H2,1-2H3,(H,16,18). The lowest BCUT2D eigenvalue weighted by atomic mass is 9.97.